The average molecular weight is 521 g/mol. The second kappa shape index (κ2) is 11.1. The number of hydrogen-bond acceptors (Lipinski definition) is 8. The van der Waals surface area contributed by atoms with Crippen molar-refractivity contribution in [3.8, 4) is 5.75 Å². The van der Waals surface area contributed by atoms with E-state index in [9.17, 15) is 18.0 Å². The van der Waals surface area contributed by atoms with E-state index in [1.165, 1.54) is 23.1 Å². The van der Waals surface area contributed by atoms with Crippen LogP contribution >= 0.6 is 0 Å². The zero-order chi connectivity index (χ0) is 25.8. The van der Waals surface area contributed by atoms with Gasteiger partial charge in [0, 0.05) is 65.5 Å². The van der Waals surface area contributed by atoms with Crippen LogP contribution in [0.5, 0.6) is 5.75 Å². The highest BCUT2D eigenvalue weighted by atomic mass is 19.4. The van der Waals surface area contributed by atoms with E-state index < -0.39 is 18.0 Å². The summed E-state index contributed by atoms with van der Waals surface area (Å²) in [5.41, 5.74) is -0.103. The maximum absolute atomic E-state index is 12.9. The summed E-state index contributed by atoms with van der Waals surface area (Å²) < 4.78 is 48.0. The van der Waals surface area contributed by atoms with Gasteiger partial charge in [0.05, 0.1) is 11.7 Å². The summed E-state index contributed by atoms with van der Waals surface area (Å²) in [6, 6.07) is 9.34. The van der Waals surface area contributed by atoms with Crippen LogP contribution in [0.25, 0.3) is 0 Å². The van der Waals surface area contributed by atoms with E-state index in [4.69, 9.17) is 4.74 Å². The Hall–Kier alpha value is -3.12. The largest absolute Gasteiger partial charge is 0.573 e. The SMILES string of the molecule is O=C(c1ccccc1OC(F)(F)F)N1CCN(c2ccc(N3CCN(CC4CCCO4)CC3)nn2)CC1. The van der Waals surface area contributed by atoms with Gasteiger partial charge in [0.1, 0.15) is 5.75 Å². The molecule has 37 heavy (non-hydrogen) atoms. The summed E-state index contributed by atoms with van der Waals surface area (Å²) in [6.45, 7) is 7.31. The minimum absolute atomic E-state index is 0.103. The molecule has 1 unspecified atom stereocenters. The van der Waals surface area contributed by atoms with Crippen molar-refractivity contribution < 1.29 is 27.4 Å². The van der Waals surface area contributed by atoms with E-state index >= 15 is 0 Å². The molecule has 200 valence electrons. The van der Waals surface area contributed by atoms with E-state index in [1.807, 2.05) is 17.0 Å². The number of ether oxygens (including phenoxy) is 2. The predicted octanol–water partition coefficient (Wildman–Crippen LogP) is 2.64. The van der Waals surface area contributed by atoms with Crippen molar-refractivity contribution in [3.05, 3.63) is 42.0 Å². The molecule has 3 fully saturated rings. The summed E-state index contributed by atoms with van der Waals surface area (Å²) in [4.78, 5) is 21.1. The standard InChI is InChI=1S/C25H31F3N6O3/c26-25(27,28)37-21-6-2-1-5-20(21)24(35)34-15-13-33(14-16-34)23-8-7-22(29-30-23)32-11-9-31(10-12-32)18-19-4-3-17-36-19/h1-2,5-8,19H,3-4,9-18H2. The third-order valence-corrected chi connectivity index (χ3v) is 7.05. The van der Waals surface area contributed by atoms with Crippen LogP contribution in [0.1, 0.15) is 23.2 Å². The fourth-order valence-corrected chi connectivity index (χ4v) is 5.06. The maximum atomic E-state index is 12.9. The number of piperazine rings is 2. The number of carbonyl (C=O) groups is 1. The van der Waals surface area contributed by atoms with Crippen molar-refractivity contribution in [1.29, 1.82) is 0 Å². The molecule has 1 atom stereocenters. The molecule has 2 aromatic rings. The molecule has 1 aromatic carbocycles. The van der Waals surface area contributed by atoms with Gasteiger partial charge in [-0.1, -0.05) is 12.1 Å². The number of nitrogens with zero attached hydrogens (tertiary/aromatic N) is 6. The van der Waals surface area contributed by atoms with E-state index in [0.717, 1.165) is 64.1 Å². The zero-order valence-electron chi connectivity index (χ0n) is 20.6. The van der Waals surface area contributed by atoms with E-state index in [0.29, 0.717) is 38.1 Å². The Labute approximate surface area is 213 Å². The topological polar surface area (TPSA) is 74.3 Å². The van der Waals surface area contributed by atoms with Crippen molar-refractivity contribution in [2.75, 3.05) is 75.3 Å². The molecule has 3 saturated heterocycles. The lowest BCUT2D eigenvalue weighted by Crippen LogP contribution is -2.49. The number of anilines is 2. The summed E-state index contributed by atoms with van der Waals surface area (Å²) in [6.07, 6.45) is -2.19. The maximum Gasteiger partial charge on any atom is 0.573 e. The Morgan fingerprint density at radius 2 is 1.54 bits per heavy atom. The third kappa shape index (κ3) is 6.42. The number of aromatic nitrogens is 2. The minimum atomic E-state index is -4.86. The highest BCUT2D eigenvalue weighted by Crippen LogP contribution is 2.28. The van der Waals surface area contributed by atoms with Gasteiger partial charge >= 0.3 is 6.36 Å². The number of para-hydroxylation sites is 1. The van der Waals surface area contributed by atoms with Crippen LogP contribution in [0.2, 0.25) is 0 Å². The first-order chi connectivity index (χ1) is 17.9. The van der Waals surface area contributed by atoms with E-state index in [1.54, 1.807) is 0 Å². The Kier molecular flexibility index (Phi) is 7.65. The highest BCUT2D eigenvalue weighted by Gasteiger charge is 2.34. The normalized spacial score (nSPS) is 21.4. The molecule has 0 radical (unpaired) electrons. The molecule has 9 nitrogen and oxygen atoms in total. The van der Waals surface area contributed by atoms with Crippen LogP contribution in [-0.4, -0.2) is 104 Å². The number of halogens is 3. The summed E-state index contributed by atoms with van der Waals surface area (Å²) >= 11 is 0. The van der Waals surface area contributed by atoms with Crippen molar-refractivity contribution >= 4 is 17.5 Å². The molecule has 1 amide bonds. The lowest BCUT2D eigenvalue weighted by molar-refractivity contribution is -0.274. The quantitative estimate of drug-likeness (QED) is 0.576. The molecule has 5 rings (SSSR count). The Morgan fingerprint density at radius 3 is 2.11 bits per heavy atom. The molecule has 0 spiro atoms. The number of hydrogen-bond donors (Lipinski definition) is 0. The van der Waals surface area contributed by atoms with Gasteiger partial charge < -0.3 is 24.2 Å². The van der Waals surface area contributed by atoms with Crippen molar-refractivity contribution in [1.82, 2.24) is 20.0 Å². The Morgan fingerprint density at radius 1 is 0.919 bits per heavy atom. The molecule has 4 heterocycles. The molecule has 0 aliphatic carbocycles. The fourth-order valence-electron chi connectivity index (χ4n) is 5.06. The van der Waals surface area contributed by atoms with Gasteiger partial charge in [-0.2, -0.15) is 0 Å². The Bertz CT molecular complexity index is 1050. The van der Waals surface area contributed by atoms with Crippen LogP contribution in [-0.2, 0) is 4.74 Å². The first-order valence-electron chi connectivity index (χ1n) is 12.7. The molecule has 1 aromatic heterocycles. The first-order valence-corrected chi connectivity index (χ1v) is 12.7. The number of rotatable bonds is 6. The molecular weight excluding hydrogens is 489 g/mol. The molecule has 3 aliphatic rings. The van der Waals surface area contributed by atoms with Crippen LogP contribution in [0.15, 0.2) is 36.4 Å². The van der Waals surface area contributed by atoms with Gasteiger partial charge in [-0.15, -0.1) is 23.4 Å². The molecular formula is C25H31F3N6O3. The van der Waals surface area contributed by atoms with E-state index in [2.05, 4.69) is 24.7 Å². The monoisotopic (exact) mass is 520 g/mol. The van der Waals surface area contributed by atoms with Gasteiger partial charge in [0.15, 0.2) is 11.6 Å². The van der Waals surface area contributed by atoms with Crippen molar-refractivity contribution in [2.45, 2.75) is 25.3 Å². The van der Waals surface area contributed by atoms with Crippen LogP contribution < -0.4 is 14.5 Å². The lowest BCUT2D eigenvalue weighted by atomic mass is 10.1. The number of alkyl halides is 3. The van der Waals surface area contributed by atoms with Gasteiger partial charge in [0.25, 0.3) is 5.91 Å². The van der Waals surface area contributed by atoms with Crippen LogP contribution in [0.4, 0.5) is 24.8 Å². The molecule has 0 saturated carbocycles. The molecule has 0 N–H and O–H groups in total. The van der Waals surface area contributed by atoms with Crippen LogP contribution in [0, 0.1) is 0 Å². The summed E-state index contributed by atoms with van der Waals surface area (Å²) in [5.74, 6) is 0.584. The van der Waals surface area contributed by atoms with Gasteiger partial charge in [-0.05, 0) is 37.1 Å². The minimum Gasteiger partial charge on any atom is -0.405 e. The number of carbonyl (C=O) groups excluding carboxylic acids is 1. The van der Waals surface area contributed by atoms with Gasteiger partial charge in [-0.25, -0.2) is 0 Å². The first kappa shape index (κ1) is 25.5. The smallest absolute Gasteiger partial charge is 0.405 e. The summed E-state index contributed by atoms with van der Waals surface area (Å²) in [5, 5.41) is 8.86. The second-order valence-corrected chi connectivity index (χ2v) is 9.50. The average Bonchev–Trinajstić information content (AvgIpc) is 3.42. The number of benzene rings is 1. The Balaban J connectivity index is 1.12. The third-order valence-electron chi connectivity index (χ3n) is 7.05. The van der Waals surface area contributed by atoms with E-state index in [-0.39, 0.29) is 5.56 Å². The second-order valence-electron chi connectivity index (χ2n) is 9.50. The predicted molar refractivity (Wildman–Crippen MR) is 131 cm³/mol. The van der Waals surface area contributed by atoms with Gasteiger partial charge in [-0.3, -0.25) is 9.69 Å². The molecule has 3 aliphatic heterocycles. The lowest BCUT2D eigenvalue weighted by Gasteiger charge is -2.37. The number of amides is 1. The fraction of sp³-hybridized carbons (Fsp3) is 0.560. The molecule has 12 heteroatoms. The molecule has 0 bridgehead atoms. The zero-order valence-corrected chi connectivity index (χ0v) is 20.6. The van der Waals surface area contributed by atoms with Gasteiger partial charge in [0.2, 0.25) is 0 Å². The highest BCUT2D eigenvalue weighted by molar-refractivity contribution is 5.97. The summed E-state index contributed by atoms with van der Waals surface area (Å²) in [7, 11) is 0. The van der Waals surface area contributed by atoms with Crippen molar-refractivity contribution in [3.63, 3.8) is 0 Å². The van der Waals surface area contributed by atoms with Crippen molar-refractivity contribution in [2.24, 2.45) is 0 Å². The van der Waals surface area contributed by atoms with Crippen LogP contribution in [0.3, 0.4) is 0 Å².